The molecule has 53 heavy (non-hydrogen) atoms. The molecule has 8 heteroatoms. The molecular formula is C45H82O8. The number of rotatable bonds is 36. The van der Waals surface area contributed by atoms with Crippen LogP contribution < -0.4 is 0 Å². The van der Waals surface area contributed by atoms with Gasteiger partial charge in [-0.1, -0.05) is 174 Å². The number of ether oxygens (including phenoxy) is 2. The summed E-state index contributed by atoms with van der Waals surface area (Å²) in [6.07, 6.45) is 31.7. The Labute approximate surface area is 324 Å². The molecule has 0 radical (unpaired) electrons. The van der Waals surface area contributed by atoms with Crippen molar-refractivity contribution in [2.45, 2.75) is 225 Å². The summed E-state index contributed by atoms with van der Waals surface area (Å²) in [5, 5.41) is 30.7. The summed E-state index contributed by atoms with van der Waals surface area (Å²) in [7, 11) is 0. The molecule has 0 aromatic carbocycles. The Morgan fingerprint density at radius 2 is 1.09 bits per heavy atom. The molecular weight excluding hydrogens is 668 g/mol. The molecule has 0 aromatic rings. The van der Waals surface area contributed by atoms with Gasteiger partial charge < -0.3 is 24.8 Å². The smallest absolute Gasteiger partial charge is 0.305 e. The summed E-state index contributed by atoms with van der Waals surface area (Å²) in [6, 6.07) is 0. The summed E-state index contributed by atoms with van der Waals surface area (Å²) >= 11 is 0. The van der Waals surface area contributed by atoms with Crippen LogP contribution in [0.2, 0.25) is 0 Å². The average Bonchev–Trinajstić information content (AvgIpc) is 3.40. The minimum absolute atomic E-state index is 0.0841. The van der Waals surface area contributed by atoms with Crippen LogP contribution in [0.5, 0.6) is 0 Å². The molecule has 0 spiro atoms. The summed E-state index contributed by atoms with van der Waals surface area (Å²) in [6.45, 7) is 6.38. The topological polar surface area (TPSA) is 130 Å². The Kier molecular flexibility index (Phi) is 31.2. The van der Waals surface area contributed by atoms with Gasteiger partial charge in [-0.05, 0) is 31.6 Å². The zero-order chi connectivity index (χ0) is 38.9. The van der Waals surface area contributed by atoms with Crippen LogP contribution >= 0.6 is 0 Å². The monoisotopic (exact) mass is 751 g/mol. The van der Waals surface area contributed by atoms with Gasteiger partial charge in [0.1, 0.15) is 25.1 Å². The fraction of sp³-hybridized carbons (Fsp3) is 0.889. The zero-order valence-electron chi connectivity index (χ0n) is 34.4. The lowest BCUT2D eigenvalue weighted by Gasteiger charge is -2.18. The van der Waals surface area contributed by atoms with Gasteiger partial charge in [-0.15, -0.1) is 0 Å². The highest BCUT2D eigenvalue weighted by Gasteiger charge is 2.39. The molecule has 0 amide bonds. The fourth-order valence-electron chi connectivity index (χ4n) is 7.40. The van der Waals surface area contributed by atoms with Crippen molar-refractivity contribution in [3.63, 3.8) is 0 Å². The lowest BCUT2D eigenvalue weighted by Crippen LogP contribution is -2.25. The van der Waals surface area contributed by atoms with Gasteiger partial charge in [0.05, 0.1) is 12.2 Å². The van der Waals surface area contributed by atoms with E-state index in [0.29, 0.717) is 25.7 Å². The predicted octanol–water partition coefficient (Wildman–Crippen LogP) is 10.5. The molecule has 0 heterocycles. The van der Waals surface area contributed by atoms with E-state index >= 15 is 0 Å². The number of unbranched alkanes of at least 4 members (excludes halogenated alkanes) is 20. The molecule has 0 saturated heterocycles. The third kappa shape index (κ3) is 28.3. The van der Waals surface area contributed by atoms with Crippen LogP contribution in [0.1, 0.15) is 207 Å². The van der Waals surface area contributed by atoms with Crippen LogP contribution in [0.15, 0.2) is 12.2 Å². The van der Waals surface area contributed by atoms with Crippen LogP contribution in [0.3, 0.4) is 0 Å². The van der Waals surface area contributed by atoms with Crippen LogP contribution in [-0.2, 0) is 23.9 Å². The summed E-state index contributed by atoms with van der Waals surface area (Å²) < 4.78 is 10.3. The first-order chi connectivity index (χ1) is 25.6. The van der Waals surface area contributed by atoms with Gasteiger partial charge in [-0.25, -0.2) is 0 Å². The highest BCUT2D eigenvalue weighted by Crippen LogP contribution is 2.34. The molecule has 1 aliphatic rings. The zero-order valence-corrected chi connectivity index (χ0v) is 34.4. The second-order valence-electron chi connectivity index (χ2n) is 16.4. The van der Waals surface area contributed by atoms with Crippen molar-refractivity contribution in [2.75, 3.05) is 13.2 Å². The summed E-state index contributed by atoms with van der Waals surface area (Å²) in [5.74, 6) is -0.251. The number of ketones is 1. The molecule has 1 fully saturated rings. The first kappa shape index (κ1) is 49.2. The normalized spacial score (nSPS) is 18.6. The first-order valence-electron chi connectivity index (χ1n) is 22.2. The fourth-order valence-corrected chi connectivity index (χ4v) is 7.40. The molecule has 1 saturated carbocycles. The van der Waals surface area contributed by atoms with E-state index in [0.717, 1.165) is 63.7 Å². The molecule has 5 atom stereocenters. The molecule has 0 bridgehead atoms. The molecule has 8 nitrogen and oxygen atoms in total. The molecule has 0 aromatic heterocycles. The van der Waals surface area contributed by atoms with E-state index in [1.54, 1.807) is 6.08 Å². The standard InChI is InChI=1S/C45H82O8/c1-4-5-22-28-38(46)32-33-41-40(42(48)34-43(41)49)29-24-20-21-26-31-45(51)53-36-39(47)35-52-44(50)30-25-19-17-15-13-11-9-7-6-8-10-12-14-16-18-23-27-37(2)3/h32-33,37-41,43,46-47,49H,4-31,34-36H2,1-3H3/b33-32+/t38-,39-,40+,41+,43+/m0/s1. The van der Waals surface area contributed by atoms with Gasteiger partial charge >= 0.3 is 11.9 Å². The molecule has 1 aliphatic carbocycles. The number of esters is 2. The maximum Gasteiger partial charge on any atom is 0.305 e. The molecule has 310 valence electrons. The Morgan fingerprint density at radius 1 is 0.660 bits per heavy atom. The van der Waals surface area contributed by atoms with Crippen molar-refractivity contribution < 1.29 is 39.2 Å². The first-order valence-corrected chi connectivity index (χ1v) is 22.2. The maximum atomic E-state index is 12.5. The van der Waals surface area contributed by atoms with Crippen LogP contribution in [0.25, 0.3) is 0 Å². The number of aliphatic hydroxyl groups is 3. The van der Waals surface area contributed by atoms with Gasteiger partial charge in [0.25, 0.3) is 0 Å². The second kappa shape index (κ2) is 33.6. The van der Waals surface area contributed by atoms with E-state index in [-0.39, 0.29) is 55.6 Å². The Balaban J connectivity index is 1.95. The van der Waals surface area contributed by atoms with Crippen molar-refractivity contribution in [2.24, 2.45) is 17.8 Å². The molecule has 0 aliphatic heterocycles. The molecule has 3 N–H and O–H groups in total. The number of Topliss-reactive ketones (excluding diaryl/α,β-unsaturated/α-hetero) is 1. The third-order valence-electron chi connectivity index (χ3n) is 10.8. The van der Waals surface area contributed by atoms with Crippen molar-refractivity contribution in [3.05, 3.63) is 12.2 Å². The minimum atomic E-state index is -1.04. The lowest BCUT2D eigenvalue weighted by atomic mass is 9.88. The van der Waals surface area contributed by atoms with Gasteiger partial charge in [0.15, 0.2) is 0 Å². The minimum Gasteiger partial charge on any atom is -0.463 e. The van der Waals surface area contributed by atoms with E-state index in [2.05, 4.69) is 20.8 Å². The summed E-state index contributed by atoms with van der Waals surface area (Å²) in [4.78, 5) is 36.6. The second-order valence-corrected chi connectivity index (χ2v) is 16.4. The number of carbonyl (C=O) groups is 3. The maximum absolute atomic E-state index is 12.5. The SMILES string of the molecule is CCCCC[C@H](O)/C=C/[C@H]1[C@H](O)CC(=O)[C@@H]1CCCCCCC(=O)OC[C@@H](O)COC(=O)CCCCCCCCCCCCCCCCCCC(C)C. The molecule has 1 rings (SSSR count). The van der Waals surface area contributed by atoms with Crippen molar-refractivity contribution >= 4 is 17.7 Å². The van der Waals surface area contributed by atoms with Gasteiger partial charge in [0, 0.05) is 31.1 Å². The van der Waals surface area contributed by atoms with Crippen LogP contribution in [-0.4, -0.2) is 64.6 Å². The number of carbonyl (C=O) groups excluding carboxylic acids is 3. The van der Waals surface area contributed by atoms with Crippen molar-refractivity contribution in [1.29, 1.82) is 0 Å². The van der Waals surface area contributed by atoms with E-state index in [1.165, 1.54) is 89.9 Å². The predicted molar refractivity (Wildman–Crippen MR) is 215 cm³/mol. The highest BCUT2D eigenvalue weighted by molar-refractivity contribution is 5.84. The number of hydrogen-bond donors (Lipinski definition) is 3. The van der Waals surface area contributed by atoms with E-state index in [4.69, 9.17) is 9.47 Å². The largest absolute Gasteiger partial charge is 0.463 e. The Morgan fingerprint density at radius 3 is 1.57 bits per heavy atom. The van der Waals surface area contributed by atoms with E-state index in [1.807, 2.05) is 6.08 Å². The van der Waals surface area contributed by atoms with E-state index in [9.17, 15) is 29.7 Å². The quantitative estimate of drug-likeness (QED) is 0.0328. The molecule has 0 unspecified atom stereocenters. The third-order valence-corrected chi connectivity index (χ3v) is 10.8. The summed E-state index contributed by atoms with van der Waals surface area (Å²) in [5.41, 5.74) is 0. The highest BCUT2D eigenvalue weighted by atomic mass is 16.6. The Bertz CT molecular complexity index is 933. The van der Waals surface area contributed by atoms with Crippen molar-refractivity contribution in [3.8, 4) is 0 Å². The van der Waals surface area contributed by atoms with Gasteiger partial charge in [-0.3, -0.25) is 14.4 Å². The Hall–Kier alpha value is -1.77. The number of hydrogen-bond acceptors (Lipinski definition) is 8. The van der Waals surface area contributed by atoms with E-state index < -0.39 is 18.3 Å². The van der Waals surface area contributed by atoms with Crippen LogP contribution in [0, 0.1) is 17.8 Å². The number of aliphatic hydroxyl groups excluding tert-OH is 3. The van der Waals surface area contributed by atoms with Crippen molar-refractivity contribution in [1.82, 2.24) is 0 Å². The lowest BCUT2D eigenvalue weighted by molar-refractivity contribution is -0.152. The van der Waals surface area contributed by atoms with Gasteiger partial charge in [0.2, 0.25) is 0 Å². The van der Waals surface area contributed by atoms with Crippen LogP contribution in [0.4, 0.5) is 0 Å². The average molecular weight is 751 g/mol. The van der Waals surface area contributed by atoms with Gasteiger partial charge in [-0.2, -0.15) is 0 Å².